The zero-order valence-electron chi connectivity index (χ0n) is 63.2. The summed E-state index contributed by atoms with van der Waals surface area (Å²) in [5, 5.41) is 7.32. The monoisotopic (exact) mass is 1500 g/mol. The van der Waals surface area contributed by atoms with E-state index in [9.17, 15) is 69.9 Å². The van der Waals surface area contributed by atoms with Crippen LogP contribution in [-0.2, 0) is 74.9 Å². The fourth-order valence-corrected chi connectivity index (χ4v) is 14.3. The number of alkyl halides is 5. The lowest BCUT2D eigenvalue weighted by molar-refractivity contribution is -0.155. The Balaban J connectivity index is 1.65. The van der Waals surface area contributed by atoms with E-state index in [4.69, 9.17) is 11.6 Å². The largest absolute Gasteiger partial charge is 0.417 e. The topological polar surface area (TPSA) is 290 Å². The normalized spacial score (nSPS) is 25.8. The Morgan fingerprint density at radius 3 is 1.74 bits per heavy atom. The minimum Gasteiger partial charge on any atom is -0.343 e. The quantitative estimate of drug-likeness (QED) is 0.218. The van der Waals surface area contributed by atoms with E-state index in [1.165, 1.54) is 66.1 Å². The van der Waals surface area contributed by atoms with Crippen LogP contribution < -0.4 is 16.0 Å². The molecule has 0 bridgehead atoms. The first-order valence-corrected chi connectivity index (χ1v) is 36.6. The van der Waals surface area contributed by atoms with Crippen LogP contribution in [0.4, 0.5) is 22.0 Å². The minimum atomic E-state index is -4.84. The van der Waals surface area contributed by atoms with Gasteiger partial charge in [0.1, 0.15) is 48.3 Å². The zero-order chi connectivity index (χ0) is 78.2. The molecular formula is C72H111ClF5N13O13. The van der Waals surface area contributed by atoms with Gasteiger partial charge in [-0.3, -0.25) is 62.3 Å². The van der Waals surface area contributed by atoms with Gasteiger partial charge in [-0.1, -0.05) is 97.7 Å². The van der Waals surface area contributed by atoms with Gasteiger partial charge >= 0.3 is 6.18 Å². The summed E-state index contributed by atoms with van der Waals surface area (Å²) in [5.74, 6) is -15.3. The third kappa shape index (κ3) is 23.6. The van der Waals surface area contributed by atoms with Gasteiger partial charge in [0.15, 0.2) is 0 Å². The first kappa shape index (κ1) is 86.9. The van der Waals surface area contributed by atoms with Gasteiger partial charge in [0.2, 0.25) is 76.8 Å². The molecule has 4 aliphatic rings. The highest BCUT2D eigenvalue weighted by Crippen LogP contribution is 2.36. The molecule has 584 valence electrons. The van der Waals surface area contributed by atoms with Gasteiger partial charge < -0.3 is 64.9 Å². The molecule has 26 nitrogen and oxygen atoms in total. The van der Waals surface area contributed by atoms with E-state index in [1.807, 2.05) is 13.8 Å². The third-order valence-corrected chi connectivity index (χ3v) is 21.2. The van der Waals surface area contributed by atoms with Gasteiger partial charge in [-0.2, -0.15) is 13.2 Å². The molecule has 3 N–H and O–H groups in total. The van der Waals surface area contributed by atoms with Crippen molar-refractivity contribution in [1.82, 2.24) is 64.9 Å². The number of hydrogen-bond donors (Lipinski definition) is 3. The number of rotatable bonds is 13. The maximum atomic E-state index is 15.3. The van der Waals surface area contributed by atoms with E-state index < -0.39 is 224 Å². The number of aryl methyl sites for hydroxylation is 1. The Labute approximate surface area is 613 Å². The maximum absolute atomic E-state index is 15.3. The lowest BCUT2D eigenvalue weighted by Crippen LogP contribution is -2.61. The number of benzene rings is 1. The molecule has 32 heteroatoms. The lowest BCUT2D eigenvalue weighted by atomic mass is 9.84. The molecular weight excluding hydrogens is 1390 g/mol. The average molecular weight is 1500 g/mol. The number of nitrogens with zero attached hydrogens (tertiary/aromatic N) is 10. The molecule has 13 amide bonds. The number of likely N-dealkylation sites (N-methyl/N-ethyl adjacent to an activating group) is 8. The fraction of sp³-hybridized carbons (Fsp3) is 0.736. The molecule has 0 radical (unpaired) electrons. The Hall–Kier alpha value is -7.73. The molecule has 104 heavy (non-hydrogen) atoms. The second-order valence-electron chi connectivity index (χ2n) is 29.7. The van der Waals surface area contributed by atoms with E-state index in [-0.39, 0.29) is 36.7 Å². The molecule has 3 saturated heterocycles. The first-order valence-electron chi connectivity index (χ1n) is 36.3. The summed E-state index contributed by atoms with van der Waals surface area (Å²) < 4.78 is 70.8. The molecule has 1 saturated carbocycles. The van der Waals surface area contributed by atoms with Crippen molar-refractivity contribution in [3.8, 4) is 0 Å². The van der Waals surface area contributed by atoms with E-state index in [0.717, 1.165) is 85.2 Å². The van der Waals surface area contributed by atoms with Crippen LogP contribution in [0.5, 0.6) is 0 Å². The van der Waals surface area contributed by atoms with Crippen LogP contribution in [0.2, 0.25) is 5.02 Å². The summed E-state index contributed by atoms with van der Waals surface area (Å²) in [5.41, 5.74) is -0.996. The van der Waals surface area contributed by atoms with Crippen molar-refractivity contribution >= 4 is 88.4 Å². The van der Waals surface area contributed by atoms with Gasteiger partial charge in [0.25, 0.3) is 5.92 Å². The van der Waals surface area contributed by atoms with Crippen LogP contribution in [-0.4, -0.2) is 282 Å². The van der Waals surface area contributed by atoms with Crippen LogP contribution in [0.1, 0.15) is 162 Å². The second-order valence-corrected chi connectivity index (χ2v) is 30.1. The van der Waals surface area contributed by atoms with Gasteiger partial charge in [0, 0.05) is 95.4 Å². The van der Waals surface area contributed by atoms with Crippen molar-refractivity contribution < 1.29 is 84.3 Å². The molecule has 0 spiro atoms. The van der Waals surface area contributed by atoms with E-state index >= 15 is 14.4 Å². The summed E-state index contributed by atoms with van der Waals surface area (Å²) in [6.07, 6.45) is -1.80. The van der Waals surface area contributed by atoms with Crippen molar-refractivity contribution in [2.24, 2.45) is 23.7 Å². The van der Waals surface area contributed by atoms with Crippen molar-refractivity contribution in [2.45, 2.75) is 218 Å². The van der Waals surface area contributed by atoms with E-state index in [2.05, 4.69) is 16.0 Å². The second kappa shape index (κ2) is 38.5. The molecule has 0 aromatic heterocycles. The van der Waals surface area contributed by atoms with Crippen molar-refractivity contribution in [3.63, 3.8) is 0 Å². The number of carbonyl (C=O) groups excluding carboxylic acids is 13. The van der Waals surface area contributed by atoms with Crippen LogP contribution in [0.3, 0.4) is 0 Å². The smallest absolute Gasteiger partial charge is 0.343 e. The predicted octanol–water partition coefficient (Wildman–Crippen LogP) is 5.06. The van der Waals surface area contributed by atoms with Crippen LogP contribution in [0.15, 0.2) is 18.2 Å². The van der Waals surface area contributed by atoms with Crippen LogP contribution >= 0.6 is 11.6 Å². The highest BCUT2D eigenvalue weighted by atomic mass is 35.5. The van der Waals surface area contributed by atoms with Crippen LogP contribution in [0, 0.1) is 23.7 Å². The highest BCUT2D eigenvalue weighted by molar-refractivity contribution is 6.31. The highest BCUT2D eigenvalue weighted by Gasteiger charge is 2.45. The Morgan fingerprint density at radius 2 is 1.17 bits per heavy atom. The Bertz CT molecular complexity index is 3230. The number of piperidine rings is 2. The van der Waals surface area contributed by atoms with E-state index in [0.29, 0.717) is 45.2 Å². The van der Waals surface area contributed by atoms with Crippen LogP contribution in [0.25, 0.3) is 0 Å². The maximum Gasteiger partial charge on any atom is 0.417 e. The van der Waals surface area contributed by atoms with Crippen molar-refractivity contribution in [3.05, 3.63) is 34.3 Å². The molecule has 1 aliphatic carbocycles. The summed E-state index contributed by atoms with van der Waals surface area (Å²) >= 11 is 6.12. The third-order valence-electron chi connectivity index (χ3n) is 20.9. The number of likely N-dealkylation sites (tertiary alicyclic amines) is 2. The minimum absolute atomic E-state index is 0.0535. The molecule has 9 atom stereocenters. The van der Waals surface area contributed by atoms with E-state index in [1.54, 1.807) is 32.6 Å². The Kier molecular flexibility index (Phi) is 32.2. The van der Waals surface area contributed by atoms with Gasteiger partial charge in [-0.05, 0) is 93.2 Å². The number of carbonyl (C=O) groups is 13. The number of amides is 13. The Morgan fingerprint density at radius 1 is 0.606 bits per heavy atom. The van der Waals surface area contributed by atoms with Gasteiger partial charge in [-0.15, -0.1) is 0 Å². The predicted molar refractivity (Wildman–Crippen MR) is 377 cm³/mol. The lowest BCUT2D eigenvalue weighted by Gasteiger charge is -2.40. The van der Waals surface area contributed by atoms with Gasteiger partial charge in [-0.25, -0.2) is 8.78 Å². The molecule has 4 fully saturated rings. The molecule has 1 aromatic carbocycles. The molecule has 1 aromatic rings. The zero-order valence-corrected chi connectivity index (χ0v) is 63.9. The average Bonchev–Trinajstić information content (AvgIpc) is 0.805. The molecule has 3 aliphatic heterocycles. The van der Waals surface area contributed by atoms with Crippen molar-refractivity contribution in [1.29, 1.82) is 0 Å². The number of nitrogens with one attached hydrogen (secondary N) is 3. The summed E-state index contributed by atoms with van der Waals surface area (Å²) in [6.45, 7) is 9.45. The van der Waals surface area contributed by atoms with Crippen molar-refractivity contribution in [2.75, 3.05) is 102 Å². The van der Waals surface area contributed by atoms with Gasteiger partial charge in [0.05, 0.1) is 43.1 Å². The molecule has 0 unspecified atom stereocenters. The number of hydrogen-bond acceptors (Lipinski definition) is 13. The SMILES string of the molecule is CC[C@H](C)[C@@H]1NC(=O)[C@H](CC(C)C)N(C)C(=O)C[C@@H](C(=O)N2CCCCC2)N(C)C(=O)[C@H](C(C)C)N(C)C(=O)[C@@H](C)NC(=O)[C@H](CC(=O)N2CCC(F)(F)CC2)N(C)C(=O)[C@H](CCc2ccc(C(F)(F)F)c(Cl)c2)NC(=O)CN(C)C(=O)[C@H](CC2CCCCC2)N(C)C(=O)CN(C)C(=O)CN(C)C1=O. The first-order chi connectivity index (χ1) is 48.5. The number of halogens is 6. The summed E-state index contributed by atoms with van der Waals surface area (Å²) in [6, 6.07) is -8.97. The molecule has 3 heterocycles. The summed E-state index contributed by atoms with van der Waals surface area (Å²) in [7, 11) is 10.4. The summed E-state index contributed by atoms with van der Waals surface area (Å²) in [4.78, 5) is 203. The fourth-order valence-electron chi connectivity index (χ4n) is 14.0. The standard InChI is InChI=1S/C72H111ClF5N13O13/c1-16-45(6)61-69(103)84(10)41-59(95)82(8)42-60(96)86(12)54(37-47-23-19-17-20-24-47)67(101)83(9)40-56(92)80-51(28-26-48-25-27-49(50(73)36-48)72(76,77)78)66(100)87(13)53(38-58(94)90-33-29-71(74,75)30-34-90)63(97)79-46(7)65(99)89(15)62(44(4)5)70(104)88(14)55(68(102)91-31-21-18-22-32-91)39-57(93)85(11)52(35-43(2)3)64(98)81-61/h25,27,36,43-47,51-55,61-62H,16-24,26,28-35,37-42H2,1-15H3,(H,79,97)(H,80,92)(H,81,98)/t45-,46+,51-,52-,53-,54-,55-,61-,62-/m0/s1. The molecule has 5 rings (SSSR count).